The van der Waals surface area contributed by atoms with Gasteiger partial charge in [0.2, 0.25) is 5.91 Å². The highest BCUT2D eigenvalue weighted by Crippen LogP contribution is 2.33. The summed E-state index contributed by atoms with van der Waals surface area (Å²) in [4.78, 5) is 30.5. The molecule has 1 fully saturated rings. The first-order valence-electron chi connectivity index (χ1n) is 12.7. The van der Waals surface area contributed by atoms with Crippen LogP contribution in [0.4, 0.5) is 0 Å². The van der Waals surface area contributed by atoms with Gasteiger partial charge < -0.3 is 10.2 Å². The number of aryl methyl sites for hydroxylation is 1. The molecular weight excluding hydrogens is 456 g/mol. The maximum Gasteiger partial charge on any atom is 0.273 e. The average molecular weight is 491 g/mol. The molecule has 184 valence electrons. The maximum atomic E-state index is 13.9. The Morgan fingerprint density at radius 1 is 1.11 bits per heavy atom. The normalized spacial score (nSPS) is 21.3. The molecule has 0 unspecified atom stereocenters. The lowest BCUT2D eigenvalue weighted by Crippen LogP contribution is -2.64. The number of nitrogens with zero attached hydrogens (tertiary/aromatic N) is 3. The van der Waals surface area contributed by atoms with E-state index in [0.29, 0.717) is 18.8 Å². The number of aromatic nitrogens is 2. The molecule has 1 N–H and O–H groups in total. The molecule has 35 heavy (non-hydrogen) atoms. The Morgan fingerprint density at radius 3 is 2.51 bits per heavy atom. The molecule has 1 aromatic carbocycles. The van der Waals surface area contributed by atoms with Crippen molar-refractivity contribution in [1.82, 2.24) is 20.0 Å². The van der Waals surface area contributed by atoms with Gasteiger partial charge in [-0.2, -0.15) is 5.10 Å². The van der Waals surface area contributed by atoms with E-state index in [0.717, 1.165) is 41.8 Å². The van der Waals surface area contributed by atoms with E-state index in [9.17, 15) is 9.59 Å². The van der Waals surface area contributed by atoms with Crippen molar-refractivity contribution in [3.8, 4) is 10.6 Å². The summed E-state index contributed by atoms with van der Waals surface area (Å²) < 4.78 is 1.74. The third-order valence-electron chi connectivity index (χ3n) is 7.46. The number of carbonyl (C=O) groups excluding carboxylic acids is 2. The van der Waals surface area contributed by atoms with E-state index in [2.05, 4.69) is 17.4 Å². The van der Waals surface area contributed by atoms with Crippen LogP contribution in [0.3, 0.4) is 0 Å². The summed E-state index contributed by atoms with van der Waals surface area (Å²) in [5, 5.41) is 10.1. The fraction of sp³-hybridized carbons (Fsp3) is 0.464. The predicted octanol–water partition coefficient (Wildman–Crippen LogP) is 5.56. The average Bonchev–Trinajstić information content (AvgIpc) is 3.49. The van der Waals surface area contributed by atoms with Gasteiger partial charge in [-0.05, 0) is 49.8 Å². The van der Waals surface area contributed by atoms with Crippen molar-refractivity contribution in [2.24, 2.45) is 0 Å². The van der Waals surface area contributed by atoms with Gasteiger partial charge in [-0.3, -0.25) is 14.3 Å². The summed E-state index contributed by atoms with van der Waals surface area (Å²) in [6.07, 6.45) is 8.02. The number of carbonyl (C=O) groups is 2. The van der Waals surface area contributed by atoms with Crippen molar-refractivity contribution in [2.75, 3.05) is 0 Å². The van der Waals surface area contributed by atoms with E-state index in [-0.39, 0.29) is 17.9 Å². The molecule has 2 aliphatic rings. The molecule has 2 aromatic heterocycles. The number of hydrogen-bond donors (Lipinski definition) is 1. The topological polar surface area (TPSA) is 67.2 Å². The Labute approximate surface area is 211 Å². The molecule has 6 nitrogen and oxygen atoms in total. The van der Waals surface area contributed by atoms with Gasteiger partial charge in [-0.1, -0.05) is 68.0 Å². The van der Waals surface area contributed by atoms with Crippen LogP contribution in [0.5, 0.6) is 0 Å². The number of amides is 2. The summed E-state index contributed by atoms with van der Waals surface area (Å²) in [7, 11) is 0. The highest BCUT2D eigenvalue weighted by molar-refractivity contribution is 7.13. The molecule has 0 saturated heterocycles. The van der Waals surface area contributed by atoms with Crippen molar-refractivity contribution in [3.63, 3.8) is 0 Å². The van der Waals surface area contributed by atoms with Crippen molar-refractivity contribution in [1.29, 1.82) is 0 Å². The second-order valence-corrected chi connectivity index (χ2v) is 11.2. The summed E-state index contributed by atoms with van der Waals surface area (Å²) in [6, 6.07) is 14.2. The molecule has 3 aromatic rings. The molecule has 0 bridgehead atoms. The first-order valence-corrected chi connectivity index (χ1v) is 13.6. The Balaban J connectivity index is 1.47. The van der Waals surface area contributed by atoms with Gasteiger partial charge >= 0.3 is 0 Å². The lowest BCUT2D eigenvalue weighted by Gasteiger charge is -2.44. The first-order chi connectivity index (χ1) is 16.9. The predicted molar refractivity (Wildman–Crippen MR) is 139 cm³/mol. The van der Waals surface area contributed by atoms with Crippen LogP contribution >= 0.6 is 11.3 Å². The van der Waals surface area contributed by atoms with E-state index in [1.807, 2.05) is 49.6 Å². The number of benzene rings is 1. The third kappa shape index (κ3) is 4.92. The maximum absolute atomic E-state index is 13.9. The Morgan fingerprint density at radius 2 is 1.83 bits per heavy atom. The van der Waals surface area contributed by atoms with E-state index in [1.54, 1.807) is 20.9 Å². The summed E-state index contributed by atoms with van der Waals surface area (Å²) in [5.74, 6) is -0.232. The monoisotopic (exact) mass is 490 g/mol. The lowest BCUT2D eigenvalue weighted by atomic mass is 9.91. The second kappa shape index (κ2) is 9.97. The van der Waals surface area contributed by atoms with Gasteiger partial charge in [0.15, 0.2) is 0 Å². The highest BCUT2D eigenvalue weighted by atomic mass is 32.1. The standard InChI is InChI=1S/C28H34N4O2S/c1-20-12-14-21(15-13-20)18-31-26(33)24-17-23(25-11-8-16-35-25)30-32(24)19-28(31,2)27(34)29-22-9-6-4-3-5-7-10-22/h8,11-17,22H,3-7,9-10,18-19H2,1-2H3,(H,29,34)/t28-/m1/s1. The van der Waals surface area contributed by atoms with Crippen LogP contribution in [0, 0.1) is 6.92 Å². The van der Waals surface area contributed by atoms with Gasteiger partial charge in [0.25, 0.3) is 5.91 Å². The second-order valence-electron chi connectivity index (χ2n) is 10.2. The number of fused-ring (bicyclic) bond motifs is 1. The number of thiophene rings is 1. The number of rotatable bonds is 5. The van der Waals surface area contributed by atoms with Crippen LogP contribution in [-0.2, 0) is 17.9 Å². The zero-order chi connectivity index (χ0) is 24.4. The van der Waals surface area contributed by atoms with Crippen molar-refractivity contribution >= 4 is 23.2 Å². The fourth-order valence-corrected chi connectivity index (χ4v) is 5.93. The van der Waals surface area contributed by atoms with Gasteiger partial charge in [-0.15, -0.1) is 11.3 Å². The molecule has 1 aliphatic heterocycles. The van der Waals surface area contributed by atoms with Gasteiger partial charge in [0.1, 0.15) is 16.9 Å². The molecule has 1 saturated carbocycles. The van der Waals surface area contributed by atoms with E-state index in [1.165, 1.54) is 24.8 Å². The SMILES string of the molecule is Cc1ccc(CN2C(=O)c3cc(-c4cccs4)nn3C[C@]2(C)C(=O)NC2CCCCCCC2)cc1. The molecular formula is C28H34N4O2S. The van der Waals surface area contributed by atoms with Crippen LogP contribution in [0.25, 0.3) is 10.6 Å². The zero-order valence-electron chi connectivity index (χ0n) is 20.6. The number of nitrogens with one attached hydrogen (secondary N) is 1. The molecule has 7 heteroatoms. The Kier molecular flexibility index (Phi) is 6.78. The molecule has 1 atom stereocenters. The lowest BCUT2D eigenvalue weighted by molar-refractivity contribution is -0.134. The van der Waals surface area contributed by atoms with E-state index in [4.69, 9.17) is 5.10 Å². The molecule has 0 spiro atoms. The summed E-state index contributed by atoms with van der Waals surface area (Å²) in [5.41, 5.74) is 2.47. The minimum absolute atomic E-state index is 0.0811. The minimum Gasteiger partial charge on any atom is -0.351 e. The van der Waals surface area contributed by atoms with Crippen LogP contribution in [0.2, 0.25) is 0 Å². The van der Waals surface area contributed by atoms with Crippen molar-refractivity contribution < 1.29 is 9.59 Å². The zero-order valence-corrected chi connectivity index (χ0v) is 21.4. The first kappa shape index (κ1) is 23.8. The van der Waals surface area contributed by atoms with Crippen LogP contribution in [0.15, 0.2) is 47.8 Å². The molecule has 3 heterocycles. The van der Waals surface area contributed by atoms with Crippen LogP contribution in [0.1, 0.15) is 73.5 Å². The fourth-order valence-electron chi connectivity index (χ4n) is 5.25. The minimum atomic E-state index is -1.03. The smallest absolute Gasteiger partial charge is 0.273 e. The van der Waals surface area contributed by atoms with E-state index >= 15 is 0 Å². The molecule has 2 amide bonds. The van der Waals surface area contributed by atoms with Crippen molar-refractivity contribution in [3.05, 3.63) is 64.7 Å². The third-order valence-corrected chi connectivity index (χ3v) is 8.35. The van der Waals surface area contributed by atoms with Gasteiger partial charge in [-0.25, -0.2) is 0 Å². The van der Waals surface area contributed by atoms with Crippen LogP contribution < -0.4 is 5.32 Å². The summed E-state index contributed by atoms with van der Waals surface area (Å²) >= 11 is 1.60. The molecule has 5 rings (SSSR count). The Bertz CT molecular complexity index is 1180. The molecule has 0 radical (unpaired) electrons. The molecule has 1 aliphatic carbocycles. The van der Waals surface area contributed by atoms with E-state index < -0.39 is 5.54 Å². The quantitative estimate of drug-likeness (QED) is 0.509. The highest BCUT2D eigenvalue weighted by Gasteiger charge is 2.48. The van der Waals surface area contributed by atoms with Gasteiger partial charge in [0, 0.05) is 12.6 Å². The number of hydrogen-bond acceptors (Lipinski definition) is 4. The van der Waals surface area contributed by atoms with Crippen molar-refractivity contribution in [2.45, 2.75) is 83.5 Å². The largest absolute Gasteiger partial charge is 0.351 e. The van der Waals surface area contributed by atoms with Crippen LogP contribution in [-0.4, -0.2) is 38.1 Å². The van der Waals surface area contributed by atoms with Gasteiger partial charge in [0.05, 0.1) is 11.4 Å². The Hall–Kier alpha value is -2.93. The summed E-state index contributed by atoms with van der Waals surface area (Å²) in [6.45, 7) is 4.66.